The van der Waals surface area contributed by atoms with Gasteiger partial charge in [0.1, 0.15) is 6.61 Å². The van der Waals surface area contributed by atoms with Crippen molar-refractivity contribution in [1.82, 2.24) is 0 Å². The highest BCUT2D eigenvalue weighted by Crippen LogP contribution is 2.36. The SMILES string of the molecule is CCCCCCCC(=O)OCCO[Si](C)(C)C(C)(C)C. The van der Waals surface area contributed by atoms with Crippen LogP contribution in [0.25, 0.3) is 0 Å². The first-order chi connectivity index (χ1) is 9.20. The maximum atomic E-state index is 11.5. The molecule has 0 saturated carbocycles. The quantitative estimate of drug-likeness (QED) is 0.327. The molecule has 0 aliphatic heterocycles. The fourth-order valence-corrected chi connectivity index (χ4v) is 2.64. The van der Waals surface area contributed by atoms with Gasteiger partial charge in [0.05, 0.1) is 6.61 Å². The summed E-state index contributed by atoms with van der Waals surface area (Å²) in [4.78, 5) is 11.5. The number of hydrogen-bond acceptors (Lipinski definition) is 3. The molecule has 0 spiro atoms. The zero-order valence-electron chi connectivity index (χ0n) is 14.4. The fraction of sp³-hybridized carbons (Fsp3) is 0.938. The molecule has 0 aromatic heterocycles. The minimum atomic E-state index is -1.71. The Balaban J connectivity index is 3.62. The molecule has 0 unspecified atom stereocenters. The van der Waals surface area contributed by atoms with E-state index in [9.17, 15) is 4.79 Å². The second-order valence-electron chi connectivity index (χ2n) is 6.99. The van der Waals surface area contributed by atoms with Crippen LogP contribution in [0.1, 0.15) is 66.2 Å². The van der Waals surface area contributed by atoms with Gasteiger partial charge in [0, 0.05) is 6.42 Å². The third-order valence-electron chi connectivity index (χ3n) is 4.10. The summed E-state index contributed by atoms with van der Waals surface area (Å²) < 4.78 is 11.2. The molecule has 4 heteroatoms. The predicted octanol–water partition coefficient (Wildman–Crippen LogP) is 4.91. The number of rotatable bonds is 10. The van der Waals surface area contributed by atoms with Crippen LogP contribution >= 0.6 is 0 Å². The van der Waals surface area contributed by atoms with Gasteiger partial charge in [-0.25, -0.2) is 0 Å². The molecule has 0 fully saturated rings. The van der Waals surface area contributed by atoms with Gasteiger partial charge >= 0.3 is 5.97 Å². The normalized spacial score (nSPS) is 12.5. The Morgan fingerprint density at radius 2 is 1.60 bits per heavy atom. The third-order valence-corrected chi connectivity index (χ3v) is 8.64. The lowest BCUT2D eigenvalue weighted by Crippen LogP contribution is -2.41. The molecule has 20 heavy (non-hydrogen) atoms. The first-order valence-electron chi connectivity index (χ1n) is 8.00. The van der Waals surface area contributed by atoms with Crippen LogP contribution in [0.2, 0.25) is 18.1 Å². The number of ether oxygens (including phenoxy) is 1. The van der Waals surface area contributed by atoms with Crippen LogP contribution < -0.4 is 0 Å². The lowest BCUT2D eigenvalue weighted by atomic mass is 10.1. The average Bonchev–Trinajstić information content (AvgIpc) is 2.33. The number of esters is 1. The van der Waals surface area contributed by atoms with Crippen LogP contribution in [-0.2, 0) is 14.0 Å². The molecule has 0 bridgehead atoms. The van der Waals surface area contributed by atoms with Crippen molar-refractivity contribution in [2.24, 2.45) is 0 Å². The van der Waals surface area contributed by atoms with E-state index in [4.69, 9.17) is 9.16 Å². The van der Waals surface area contributed by atoms with E-state index < -0.39 is 8.32 Å². The molecule has 0 aromatic rings. The summed E-state index contributed by atoms with van der Waals surface area (Å²) in [6.07, 6.45) is 6.33. The molecule has 0 saturated heterocycles. The number of carbonyl (C=O) groups is 1. The van der Waals surface area contributed by atoms with Crippen LogP contribution in [0, 0.1) is 0 Å². The molecule has 0 amide bonds. The van der Waals surface area contributed by atoms with Crippen molar-refractivity contribution in [2.75, 3.05) is 13.2 Å². The van der Waals surface area contributed by atoms with Crippen molar-refractivity contribution in [2.45, 2.75) is 84.4 Å². The monoisotopic (exact) mass is 302 g/mol. The summed E-state index contributed by atoms with van der Waals surface area (Å²) in [7, 11) is -1.71. The fourth-order valence-electron chi connectivity index (χ4n) is 1.61. The zero-order chi connectivity index (χ0) is 15.6. The third kappa shape index (κ3) is 8.75. The van der Waals surface area contributed by atoms with Gasteiger partial charge in [-0.15, -0.1) is 0 Å². The van der Waals surface area contributed by atoms with Crippen molar-refractivity contribution in [3.8, 4) is 0 Å². The molecule has 3 nitrogen and oxygen atoms in total. The summed E-state index contributed by atoms with van der Waals surface area (Å²) in [5, 5.41) is 0.205. The molecular formula is C16H34O3Si. The van der Waals surface area contributed by atoms with Gasteiger partial charge in [-0.05, 0) is 24.6 Å². The lowest BCUT2D eigenvalue weighted by molar-refractivity contribution is -0.144. The molecule has 0 aliphatic rings. The minimum absolute atomic E-state index is 0.0830. The van der Waals surface area contributed by atoms with Crippen LogP contribution in [0.5, 0.6) is 0 Å². The van der Waals surface area contributed by atoms with E-state index >= 15 is 0 Å². The van der Waals surface area contributed by atoms with Gasteiger partial charge in [-0.3, -0.25) is 4.79 Å². The Kier molecular flexibility index (Phi) is 9.39. The van der Waals surface area contributed by atoms with Gasteiger partial charge in [0.2, 0.25) is 0 Å². The van der Waals surface area contributed by atoms with Crippen molar-refractivity contribution >= 4 is 14.3 Å². The number of hydrogen-bond donors (Lipinski definition) is 0. The summed E-state index contributed by atoms with van der Waals surface area (Å²) in [6.45, 7) is 14.2. The second-order valence-corrected chi connectivity index (χ2v) is 11.8. The van der Waals surface area contributed by atoms with Gasteiger partial charge < -0.3 is 9.16 Å². The van der Waals surface area contributed by atoms with Crippen LogP contribution in [0.15, 0.2) is 0 Å². The topological polar surface area (TPSA) is 35.5 Å². The Morgan fingerprint density at radius 1 is 1.00 bits per heavy atom. The Morgan fingerprint density at radius 3 is 2.15 bits per heavy atom. The maximum absolute atomic E-state index is 11.5. The highest BCUT2D eigenvalue weighted by atomic mass is 28.4. The van der Waals surface area contributed by atoms with E-state index in [1.165, 1.54) is 19.3 Å². The van der Waals surface area contributed by atoms with E-state index in [-0.39, 0.29) is 11.0 Å². The van der Waals surface area contributed by atoms with E-state index in [1.807, 2.05) is 0 Å². The van der Waals surface area contributed by atoms with Crippen molar-refractivity contribution in [3.05, 3.63) is 0 Å². The minimum Gasteiger partial charge on any atom is -0.463 e. The van der Waals surface area contributed by atoms with Gasteiger partial charge in [0.15, 0.2) is 8.32 Å². The van der Waals surface area contributed by atoms with Crippen molar-refractivity contribution in [1.29, 1.82) is 0 Å². The molecule has 0 radical (unpaired) electrons. The first kappa shape index (κ1) is 19.6. The van der Waals surface area contributed by atoms with E-state index in [0.29, 0.717) is 19.6 Å². The highest BCUT2D eigenvalue weighted by Gasteiger charge is 2.36. The summed E-state index contributed by atoms with van der Waals surface area (Å²) in [6, 6.07) is 0. The maximum Gasteiger partial charge on any atom is 0.305 e. The summed E-state index contributed by atoms with van der Waals surface area (Å²) in [5.41, 5.74) is 0. The smallest absolute Gasteiger partial charge is 0.305 e. The van der Waals surface area contributed by atoms with Crippen LogP contribution in [0.3, 0.4) is 0 Å². The largest absolute Gasteiger partial charge is 0.463 e. The molecule has 0 aliphatic carbocycles. The van der Waals surface area contributed by atoms with Crippen LogP contribution in [0.4, 0.5) is 0 Å². The molecule has 120 valence electrons. The number of carbonyl (C=O) groups excluding carboxylic acids is 1. The number of unbranched alkanes of at least 4 members (excludes halogenated alkanes) is 4. The lowest BCUT2D eigenvalue weighted by Gasteiger charge is -2.36. The Hall–Kier alpha value is -0.353. The van der Waals surface area contributed by atoms with E-state index in [2.05, 4.69) is 40.8 Å². The molecule has 0 N–H and O–H groups in total. The standard InChI is InChI=1S/C16H34O3Si/c1-7-8-9-10-11-12-15(17)18-13-14-19-20(5,6)16(2,3)4/h7-14H2,1-6H3. The Labute approximate surface area is 126 Å². The van der Waals surface area contributed by atoms with Crippen molar-refractivity contribution < 1.29 is 14.0 Å². The highest BCUT2D eigenvalue weighted by molar-refractivity contribution is 6.74. The summed E-state index contributed by atoms with van der Waals surface area (Å²) >= 11 is 0. The summed E-state index contributed by atoms with van der Waals surface area (Å²) in [5.74, 6) is -0.0830. The molecule has 0 atom stereocenters. The van der Waals surface area contributed by atoms with Gasteiger partial charge in [-0.2, -0.15) is 0 Å². The predicted molar refractivity (Wildman–Crippen MR) is 87.5 cm³/mol. The van der Waals surface area contributed by atoms with Crippen molar-refractivity contribution in [3.63, 3.8) is 0 Å². The second kappa shape index (κ2) is 9.56. The molecule has 0 rings (SSSR count). The van der Waals surface area contributed by atoms with E-state index in [0.717, 1.165) is 12.8 Å². The Bertz CT molecular complexity index is 269. The molecular weight excluding hydrogens is 268 g/mol. The van der Waals surface area contributed by atoms with Crippen LogP contribution in [-0.4, -0.2) is 27.5 Å². The first-order valence-corrected chi connectivity index (χ1v) is 10.9. The molecule has 0 heterocycles. The molecule has 0 aromatic carbocycles. The van der Waals surface area contributed by atoms with E-state index in [1.54, 1.807) is 0 Å². The van der Waals surface area contributed by atoms with Gasteiger partial charge in [-0.1, -0.05) is 53.4 Å². The average molecular weight is 303 g/mol. The zero-order valence-corrected chi connectivity index (χ0v) is 15.4. The van der Waals surface area contributed by atoms with Gasteiger partial charge in [0.25, 0.3) is 0 Å².